The topological polar surface area (TPSA) is 85.8 Å². The number of aromatic nitrogens is 3. The molecule has 3 rings (SSSR count). The summed E-state index contributed by atoms with van der Waals surface area (Å²) in [4.78, 5) is 12.2. The number of carbonyl (C=O) groups excluding carboxylic acids is 1. The molecule has 1 aromatic heterocycles. The summed E-state index contributed by atoms with van der Waals surface area (Å²) in [6.07, 6.45) is 0. The second-order valence-electron chi connectivity index (χ2n) is 5.81. The van der Waals surface area contributed by atoms with Crippen molar-refractivity contribution in [1.29, 1.82) is 0 Å². The summed E-state index contributed by atoms with van der Waals surface area (Å²) in [5, 5.41) is 12.0. The molecule has 2 aromatic carbocycles. The van der Waals surface area contributed by atoms with Crippen LogP contribution in [0.1, 0.15) is 18.5 Å². The van der Waals surface area contributed by atoms with E-state index in [2.05, 4.69) is 15.5 Å². The zero-order valence-electron chi connectivity index (χ0n) is 14.4. The number of hydrogen-bond acceptors (Lipinski definition) is 5. The van der Waals surface area contributed by atoms with Crippen molar-refractivity contribution in [2.75, 3.05) is 11.6 Å². The number of hydrogen-bond donors (Lipinski definition) is 2. The summed E-state index contributed by atoms with van der Waals surface area (Å²) in [5.41, 5.74) is 1.59. The Morgan fingerprint density at radius 1 is 1.22 bits per heavy atom. The molecule has 0 radical (unpaired) electrons. The van der Waals surface area contributed by atoms with Gasteiger partial charge in [0.2, 0.25) is 11.1 Å². The van der Waals surface area contributed by atoms with Gasteiger partial charge in [0.05, 0.1) is 11.8 Å². The first-order chi connectivity index (χ1) is 12.9. The number of carbonyl (C=O) groups is 1. The fraction of sp³-hybridized carbons (Fsp3) is 0.167. The molecule has 0 saturated heterocycles. The van der Waals surface area contributed by atoms with Crippen LogP contribution in [0.2, 0.25) is 5.02 Å². The van der Waals surface area contributed by atoms with Gasteiger partial charge in [-0.15, -0.1) is 10.2 Å². The van der Waals surface area contributed by atoms with Crippen molar-refractivity contribution in [3.05, 3.63) is 64.9 Å². The Bertz CT molecular complexity index is 930. The van der Waals surface area contributed by atoms with E-state index in [1.165, 1.54) is 28.6 Å². The minimum atomic E-state index is -0.313. The van der Waals surface area contributed by atoms with Gasteiger partial charge in [-0.05, 0) is 48.9 Å². The summed E-state index contributed by atoms with van der Waals surface area (Å²) >= 11 is 7.06. The van der Waals surface area contributed by atoms with E-state index in [0.29, 0.717) is 16.0 Å². The minimum Gasteiger partial charge on any atom is -0.349 e. The molecule has 1 heterocycles. The van der Waals surface area contributed by atoms with E-state index in [-0.39, 0.29) is 23.5 Å². The Hall–Kier alpha value is -2.58. The molecule has 1 unspecified atom stereocenters. The SMILES string of the molecule is CC(NC(=O)CSc1nnc(-c2ccc(Cl)cc2)n1N)c1ccc(F)cc1. The van der Waals surface area contributed by atoms with E-state index in [1.54, 1.807) is 36.4 Å². The van der Waals surface area contributed by atoms with E-state index in [4.69, 9.17) is 17.4 Å². The van der Waals surface area contributed by atoms with Crippen LogP contribution in [0.25, 0.3) is 11.4 Å². The van der Waals surface area contributed by atoms with Crippen molar-refractivity contribution in [3.63, 3.8) is 0 Å². The van der Waals surface area contributed by atoms with E-state index < -0.39 is 0 Å². The van der Waals surface area contributed by atoms with Crippen LogP contribution in [0.4, 0.5) is 4.39 Å². The summed E-state index contributed by atoms with van der Waals surface area (Å²) < 4.78 is 14.3. The molecule has 9 heteroatoms. The van der Waals surface area contributed by atoms with Gasteiger partial charge in [-0.1, -0.05) is 35.5 Å². The summed E-state index contributed by atoms with van der Waals surface area (Å²) in [6.45, 7) is 1.83. The van der Waals surface area contributed by atoms with Crippen molar-refractivity contribution in [2.45, 2.75) is 18.1 Å². The van der Waals surface area contributed by atoms with Crippen LogP contribution in [-0.2, 0) is 4.79 Å². The number of thioether (sulfide) groups is 1. The molecule has 6 nitrogen and oxygen atoms in total. The number of halogens is 2. The molecule has 0 bridgehead atoms. The van der Waals surface area contributed by atoms with Crippen LogP contribution in [0.3, 0.4) is 0 Å². The number of nitrogens with zero attached hydrogens (tertiary/aromatic N) is 3. The van der Waals surface area contributed by atoms with Gasteiger partial charge in [-0.25, -0.2) is 9.07 Å². The normalized spacial score (nSPS) is 12.0. The first-order valence-corrected chi connectivity index (χ1v) is 9.44. The van der Waals surface area contributed by atoms with Crippen molar-refractivity contribution in [3.8, 4) is 11.4 Å². The highest BCUT2D eigenvalue weighted by Crippen LogP contribution is 2.23. The minimum absolute atomic E-state index is 0.126. The second kappa shape index (κ2) is 8.41. The van der Waals surface area contributed by atoms with Crippen LogP contribution >= 0.6 is 23.4 Å². The van der Waals surface area contributed by atoms with Crippen molar-refractivity contribution in [1.82, 2.24) is 20.2 Å². The monoisotopic (exact) mass is 405 g/mol. The molecular formula is C18H17ClFN5OS. The third-order valence-electron chi connectivity index (χ3n) is 3.85. The smallest absolute Gasteiger partial charge is 0.230 e. The number of rotatable bonds is 6. The molecule has 0 fully saturated rings. The highest BCUT2D eigenvalue weighted by Gasteiger charge is 2.15. The lowest BCUT2D eigenvalue weighted by molar-refractivity contribution is -0.119. The largest absolute Gasteiger partial charge is 0.349 e. The molecule has 3 N–H and O–H groups in total. The average Bonchev–Trinajstić information content (AvgIpc) is 3.02. The molecule has 0 aliphatic rings. The Morgan fingerprint density at radius 3 is 2.56 bits per heavy atom. The van der Waals surface area contributed by atoms with Crippen LogP contribution < -0.4 is 11.2 Å². The maximum Gasteiger partial charge on any atom is 0.230 e. The number of benzene rings is 2. The van der Waals surface area contributed by atoms with E-state index >= 15 is 0 Å². The van der Waals surface area contributed by atoms with Crippen LogP contribution in [0, 0.1) is 5.82 Å². The lowest BCUT2D eigenvalue weighted by Crippen LogP contribution is -2.28. The highest BCUT2D eigenvalue weighted by molar-refractivity contribution is 7.99. The zero-order valence-corrected chi connectivity index (χ0v) is 16.0. The van der Waals surface area contributed by atoms with Gasteiger partial charge in [-0.3, -0.25) is 4.79 Å². The summed E-state index contributed by atoms with van der Waals surface area (Å²) in [7, 11) is 0. The number of nitrogens with two attached hydrogens (primary N) is 1. The molecule has 140 valence electrons. The third kappa shape index (κ3) is 4.78. The van der Waals surface area contributed by atoms with E-state index in [0.717, 1.165) is 11.1 Å². The summed E-state index contributed by atoms with van der Waals surface area (Å²) in [6, 6.07) is 12.8. The van der Waals surface area contributed by atoms with Crippen LogP contribution in [0.5, 0.6) is 0 Å². The van der Waals surface area contributed by atoms with Crippen LogP contribution in [-0.4, -0.2) is 26.5 Å². The molecule has 27 heavy (non-hydrogen) atoms. The lowest BCUT2D eigenvalue weighted by Gasteiger charge is -2.14. The Balaban J connectivity index is 1.59. The Kier molecular flexibility index (Phi) is 5.98. The Labute approximate surface area is 164 Å². The first kappa shape index (κ1) is 19.2. The van der Waals surface area contributed by atoms with Crippen molar-refractivity contribution < 1.29 is 9.18 Å². The fourth-order valence-corrected chi connectivity index (χ4v) is 3.21. The molecule has 3 aromatic rings. The highest BCUT2D eigenvalue weighted by atomic mass is 35.5. The quantitative estimate of drug-likeness (QED) is 0.484. The maximum absolute atomic E-state index is 13.0. The maximum atomic E-state index is 13.0. The second-order valence-corrected chi connectivity index (χ2v) is 7.19. The first-order valence-electron chi connectivity index (χ1n) is 8.08. The molecule has 0 aliphatic carbocycles. The number of nitrogens with one attached hydrogen (secondary N) is 1. The van der Waals surface area contributed by atoms with Gasteiger partial charge in [-0.2, -0.15) is 0 Å². The molecule has 0 aliphatic heterocycles. The number of nitrogen functional groups attached to an aromatic ring is 1. The molecular weight excluding hydrogens is 389 g/mol. The van der Waals surface area contributed by atoms with Gasteiger partial charge >= 0.3 is 0 Å². The van der Waals surface area contributed by atoms with Crippen molar-refractivity contribution >= 4 is 29.3 Å². The van der Waals surface area contributed by atoms with Gasteiger partial charge in [0, 0.05) is 10.6 Å². The zero-order chi connectivity index (χ0) is 19.4. The van der Waals surface area contributed by atoms with E-state index in [1.807, 2.05) is 6.92 Å². The summed E-state index contributed by atoms with van der Waals surface area (Å²) in [5.74, 6) is 6.14. The lowest BCUT2D eigenvalue weighted by atomic mass is 10.1. The predicted octanol–water partition coefficient (Wildman–Crippen LogP) is 3.42. The van der Waals surface area contributed by atoms with Gasteiger partial charge < -0.3 is 11.2 Å². The predicted molar refractivity (Wildman–Crippen MR) is 104 cm³/mol. The molecule has 0 saturated carbocycles. The molecule has 1 amide bonds. The average molecular weight is 406 g/mol. The standard InChI is InChI=1S/C18H17ClFN5OS/c1-11(12-4-8-15(20)9-5-12)22-16(26)10-27-18-24-23-17(25(18)21)13-2-6-14(19)7-3-13/h2-9,11H,10,21H2,1H3,(H,22,26). The van der Waals surface area contributed by atoms with Crippen LogP contribution in [0.15, 0.2) is 53.7 Å². The van der Waals surface area contributed by atoms with Gasteiger partial charge in [0.1, 0.15) is 5.82 Å². The van der Waals surface area contributed by atoms with Gasteiger partial charge in [0.25, 0.3) is 0 Å². The van der Waals surface area contributed by atoms with E-state index in [9.17, 15) is 9.18 Å². The van der Waals surface area contributed by atoms with Gasteiger partial charge in [0.15, 0.2) is 5.82 Å². The fourth-order valence-electron chi connectivity index (χ4n) is 2.42. The Morgan fingerprint density at radius 2 is 1.89 bits per heavy atom. The number of amides is 1. The third-order valence-corrected chi connectivity index (χ3v) is 5.04. The molecule has 1 atom stereocenters. The van der Waals surface area contributed by atoms with Crippen molar-refractivity contribution in [2.24, 2.45) is 0 Å². The molecule has 0 spiro atoms.